The monoisotopic (exact) mass is 314 g/mol. The fourth-order valence-electron chi connectivity index (χ4n) is 2.35. The number of benzene rings is 2. The fraction of sp³-hybridized carbons (Fsp3) is 0.368. The number of nitrogen functional groups attached to an aromatic ring is 1. The fourth-order valence-corrected chi connectivity index (χ4v) is 3.46. The van der Waals surface area contributed by atoms with E-state index in [2.05, 4.69) is 64.1 Å². The van der Waals surface area contributed by atoms with Crippen molar-refractivity contribution in [2.45, 2.75) is 49.3 Å². The second kappa shape index (κ2) is 6.35. The minimum Gasteiger partial charge on any atom is -0.399 e. The molecule has 4 N–H and O–H groups in total. The van der Waals surface area contributed by atoms with Crippen LogP contribution in [0.3, 0.4) is 0 Å². The Labute approximate surface area is 138 Å². The molecular weight excluding hydrogens is 288 g/mol. The minimum absolute atomic E-state index is 0.00795. The van der Waals surface area contributed by atoms with Crippen molar-refractivity contribution in [2.75, 3.05) is 5.73 Å². The Morgan fingerprint density at radius 1 is 0.864 bits per heavy atom. The Kier molecular flexibility index (Phi) is 4.88. The molecule has 2 aromatic carbocycles. The number of anilines is 1. The molecule has 0 heterocycles. The molecule has 1 atom stereocenters. The summed E-state index contributed by atoms with van der Waals surface area (Å²) in [5.74, 6) is 0. The first-order valence-corrected chi connectivity index (χ1v) is 8.51. The molecular formula is C19H26N2S. The van der Waals surface area contributed by atoms with E-state index in [4.69, 9.17) is 11.5 Å². The maximum Gasteiger partial charge on any atom is 0.0399 e. The van der Waals surface area contributed by atoms with Gasteiger partial charge < -0.3 is 11.5 Å². The molecule has 3 heteroatoms. The molecule has 2 nitrogen and oxygen atoms in total. The Morgan fingerprint density at radius 2 is 1.36 bits per heavy atom. The predicted molar refractivity (Wildman–Crippen MR) is 98.0 cm³/mol. The molecule has 0 amide bonds. The van der Waals surface area contributed by atoms with Crippen molar-refractivity contribution in [1.29, 1.82) is 0 Å². The third-order valence-electron chi connectivity index (χ3n) is 4.23. The van der Waals surface area contributed by atoms with Crippen LogP contribution in [0, 0.1) is 0 Å². The van der Waals surface area contributed by atoms with Gasteiger partial charge in [-0.3, -0.25) is 0 Å². The van der Waals surface area contributed by atoms with Crippen LogP contribution in [-0.2, 0) is 10.3 Å². The van der Waals surface area contributed by atoms with E-state index < -0.39 is 0 Å². The van der Waals surface area contributed by atoms with Crippen LogP contribution in [0.15, 0.2) is 53.4 Å². The van der Waals surface area contributed by atoms with Gasteiger partial charge in [0.15, 0.2) is 0 Å². The highest BCUT2D eigenvalue weighted by Crippen LogP contribution is 2.41. The zero-order valence-electron chi connectivity index (χ0n) is 13.9. The number of hydrogen-bond donors (Lipinski definition) is 2. The first kappa shape index (κ1) is 16.9. The van der Waals surface area contributed by atoms with Gasteiger partial charge in [0.1, 0.15) is 0 Å². The van der Waals surface area contributed by atoms with Crippen molar-refractivity contribution in [3.05, 3.63) is 59.7 Å². The lowest BCUT2D eigenvalue weighted by Gasteiger charge is -2.26. The summed E-state index contributed by atoms with van der Waals surface area (Å²) in [7, 11) is 0. The third-order valence-corrected chi connectivity index (χ3v) is 5.48. The Morgan fingerprint density at radius 3 is 1.86 bits per heavy atom. The summed E-state index contributed by atoms with van der Waals surface area (Å²) in [6.45, 7) is 8.66. The van der Waals surface area contributed by atoms with Crippen molar-refractivity contribution in [3.8, 4) is 0 Å². The second-order valence-corrected chi connectivity index (χ2v) is 8.23. The summed E-state index contributed by atoms with van der Waals surface area (Å²) in [5, 5.41) is 0. The SMILES string of the molecule is CCC(C)(N)c1ccc(SC(C)(C)c2ccc(N)cc2)cc1. The van der Waals surface area contributed by atoms with Gasteiger partial charge in [0.05, 0.1) is 0 Å². The highest BCUT2D eigenvalue weighted by Gasteiger charge is 2.23. The van der Waals surface area contributed by atoms with Gasteiger partial charge in [0.25, 0.3) is 0 Å². The Bertz CT molecular complexity index is 613. The van der Waals surface area contributed by atoms with Gasteiger partial charge in [-0.2, -0.15) is 0 Å². The molecule has 1 unspecified atom stereocenters. The van der Waals surface area contributed by atoms with Crippen molar-refractivity contribution in [2.24, 2.45) is 5.73 Å². The normalized spacial score (nSPS) is 14.6. The largest absolute Gasteiger partial charge is 0.399 e. The topological polar surface area (TPSA) is 52.0 Å². The van der Waals surface area contributed by atoms with Crippen molar-refractivity contribution in [3.63, 3.8) is 0 Å². The van der Waals surface area contributed by atoms with E-state index in [1.165, 1.54) is 16.0 Å². The molecule has 0 radical (unpaired) electrons. The van der Waals surface area contributed by atoms with Crippen LogP contribution in [0.4, 0.5) is 5.69 Å². The van der Waals surface area contributed by atoms with Gasteiger partial charge in [-0.15, -0.1) is 11.8 Å². The lowest BCUT2D eigenvalue weighted by atomic mass is 9.91. The number of nitrogens with two attached hydrogens (primary N) is 2. The number of hydrogen-bond acceptors (Lipinski definition) is 3. The molecule has 0 saturated heterocycles. The van der Waals surface area contributed by atoms with Crippen LogP contribution >= 0.6 is 11.8 Å². The van der Waals surface area contributed by atoms with E-state index in [0.717, 1.165) is 12.1 Å². The highest BCUT2D eigenvalue weighted by atomic mass is 32.2. The lowest BCUT2D eigenvalue weighted by molar-refractivity contribution is 0.476. The maximum absolute atomic E-state index is 6.30. The summed E-state index contributed by atoms with van der Waals surface area (Å²) in [4.78, 5) is 1.25. The van der Waals surface area contributed by atoms with E-state index in [9.17, 15) is 0 Å². The van der Waals surface area contributed by atoms with Crippen LogP contribution in [-0.4, -0.2) is 0 Å². The van der Waals surface area contributed by atoms with Gasteiger partial charge in [-0.25, -0.2) is 0 Å². The molecule has 0 saturated carbocycles. The number of thioether (sulfide) groups is 1. The van der Waals surface area contributed by atoms with Gasteiger partial charge in [-0.1, -0.05) is 31.2 Å². The molecule has 0 bridgehead atoms. The average molecular weight is 314 g/mol. The molecule has 2 rings (SSSR count). The Balaban J connectivity index is 2.17. The van der Waals surface area contributed by atoms with Crippen molar-refractivity contribution >= 4 is 17.4 Å². The van der Waals surface area contributed by atoms with Crippen LogP contribution in [0.25, 0.3) is 0 Å². The first-order valence-electron chi connectivity index (χ1n) is 7.69. The van der Waals surface area contributed by atoms with Crippen LogP contribution in [0.2, 0.25) is 0 Å². The summed E-state index contributed by atoms with van der Waals surface area (Å²) >= 11 is 1.85. The average Bonchev–Trinajstić information content (AvgIpc) is 2.48. The van der Waals surface area contributed by atoms with E-state index in [1.807, 2.05) is 23.9 Å². The van der Waals surface area contributed by atoms with E-state index >= 15 is 0 Å². The van der Waals surface area contributed by atoms with Crippen LogP contribution in [0.1, 0.15) is 45.2 Å². The quantitative estimate of drug-likeness (QED) is 0.611. The molecule has 0 spiro atoms. The van der Waals surface area contributed by atoms with E-state index in [-0.39, 0.29) is 10.3 Å². The molecule has 0 aliphatic carbocycles. The van der Waals surface area contributed by atoms with Gasteiger partial charge in [0.2, 0.25) is 0 Å². The summed E-state index contributed by atoms with van der Waals surface area (Å²) < 4.78 is -0.00795. The Hall–Kier alpha value is -1.45. The molecule has 0 aliphatic heterocycles. The van der Waals surface area contributed by atoms with Gasteiger partial charge in [0, 0.05) is 20.9 Å². The molecule has 0 aromatic heterocycles. The third kappa shape index (κ3) is 3.84. The first-order chi connectivity index (χ1) is 10.2. The minimum atomic E-state index is -0.254. The second-order valence-electron chi connectivity index (χ2n) is 6.53. The summed E-state index contributed by atoms with van der Waals surface area (Å²) in [5.41, 5.74) is 15.1. The predicted octanol–water partition coefficient (Wildman–Crippen LogP) is 4.88. The standard InChI is InChI=1S/C19H26N2S/c1-5-19(4,21)15-8-12-17(13-9-15)22-18(2,3)14-6-10-16(20)11-7-14/h6-13H,5,20-21H2,1-4H3. The zero-order chi connectivity index (χ0) is 16.4. The lowest BCUT2D eigenvalue weighted by Crippen LogP contribution is -2.31. The van der Waals surface area contributed by atoms with Crippen molar-refractivity contribution in [1.82, 2.24) is 0 Å². The summed E-state index contributed by atoms with van der Waals surface area (Å²) in [6.07, 6.45) is 0.927. The van der Waals surface area contributed by atoms with Gasteiger partial charge in [-0.05, 0) is 62.6 Å². The molecule has 118 valence electrons. The molecule has 0 aliphatic rings. The molecule has 2 aromatic rings. The number of rotatable bonds is 5. The van der Waals surface area contributed by atoms with Crippen LogP contribution < -0.4 is 11.5 Å². The summed E-state index contributed by atoms with van der Waals surface area (Å²) in [6, 6.07) is 16.7. The van der Waals surface area contributed by atoms with Gasteiger partial charge >= 0.3 is 0 Å². The van der Waals surface area contributed by atoms with E-state index in [1.54, 1.807) is 0 Å². The maximum atomic E-state index is 6.30. The zero-order valence-corrected chi connectivity index (χ0v) is 14.7. The van der Waals surface area contributed by atoms with Crippen molar-refractivity contribution < 1.29 is 0 Å². The highest BCUT2D eigenvalue weighted by molar-refractivity contribution is 8.00. The molecule has 0 fully saturated rings. The van der Waals surface area contributed by atoms with Crippen LogP contribution in [0.5, 0.6) is 0 Å². The smallest absolute Gasteiger partial charge is 0.0399 e. The van der Waals surface area contributed by atoms with E-state index in [0.29, 0.717) is 0 Å². The molecule has 22 heavy (non-hydrogen) atoms.